The number of hydrogen-bond donors (Lipinski definition) is 1. The molecule has 0 amide bonds. The minimum atomic E-state index is -1.15. The molecule has 0 aromatic carbocycles. The van der Waals surface area contributed by atoms with Gasteiger partial charge in [-0.1, -0.05) is 52.7 Å². The summed E-state index contributed by atoms with van der Waals surface area (Å²) in [6.07, 6.45) is 6.83. The number of carbonyl (C=O) groups is 3. The van der Waals surface area contributed by atoms with Crippen molar-refractivity contribution in [1.29, 1.82) is 0 Å². The highest BCUT2D eigenvalue weighted by Crippen LogP contribution is 2.74. The van der Waals surface area contributed by atoms with E-state index in [2.05, 4.69) is 41.5 Å². The Morgan fingerprint density at radius 1 is 1.00 bits per heavy atom. The van der Waals surface area contributed by atoms with Crippen molar-refractivity contribution < 1.29 is 33.7 Å². The molecule has 1 unspecified atom stereocenters. The summed E-state index contributed by atoms with van der Waals surface area (Å²) >= 11 is 0. The summed E-state index contributed by atoms with van der Waals surface area (Å²) < 4.78 is 18.7. The SMILES string of the molecule is CC1=C(C)[C@@]2(C[C@@H](C)[C@H]3[C@@H](C[C@@]4(C)C5=C(CC[C@]34C)[C@@]3(C)CC[C@@H](OC(=O)CC(=O)O)C(C)(C)C3CC5)O2)OC1=O. The number of rotatable bonds is 3. The molecule has 2 heterocycles. The minimum Gasteiger partial charge on any atom is -0.481 e. The second-order valence-corrected chi connectivity index (χ2v) is 15.6. The van der Waals surface area contributed by atoms with Crippen LogP contribution in [0.2, 0.25) is 0 Å². The number of allylic oxidation sites excluding steroid dienone is 2. The van der Waals surface area contributed by atoms with Gasteiger partial charge in [0.05, 0.1) is 6.10 Å². The number of carboxylic acids is 1. The second-order valence-electron chi connectivity index (χ2n) is 15.6. The molecule has 2 saturated carbocycles. The van der Waals surface area contributed by atoms with E-state index in [0.717, 1.165) is 56.9 Å². The normalized spacial score (nSPS) is 46.4. The van der Waals surface area contributed by atoms with Gasteiger partial charge in [-0.3, -0.25) is 9.59 Å². The molecule has 4 aliphatic carbocycles. The van der Waals surface area contributed by atoms with Gasteiger partial charge < -0.3 is 19.3 Å². The zero-order chi connectivity index (χ0) is 29.9. The number of esters is 2. The number of carbonyl (C=O) groups excluding carboxylic acids is 2. The maximum atomic E-state index is 12.6. The van der Waals surface area contributed by atoms with E-state index in [1.165, 1.54) is 0 Å². The summed E-state index contributed by atoms with van der Waals surface area (Å²) in [5.74, 6) is -1.80. The van der Waals surface area contributed by atoms with Gasteiger partial charge >= 0.3 is 17.9 Å². The Labute approximate surface area is 244 Å². The number of fused-ring (bicyclic) bond motifs is 6. The molecule has 1 spiro atoms. The van der Waals surface area contributed by atoms with Crippen LogP contribution >= 0.6 is 0 Å². The van der Waals surface area contributed by atoms with Gasteiger partial charge in [-0.25, -0.2) is 4.79 Å². The van der Waals surface area contributed by atoms with Crippen LogP contribution in [0.4, 0.5) is 0 Å². The smallest absolute Gasteiger partial charge is 0.336 e. The Hall–Kier alpha value is -2.15. The third-order valence-corrected chi connectivity index (χ3v) is 13.5. The van der Waals surface area contributed by atoms with Crippen molar-refractivity contribution >= 4 is 17.9 Å². The summed E-state index contributed by atoms with van der Waals surface area (Å²) in [6.45, 7) is 18.1. The van der Waals surface area contributed by atoms with E-state index in [1.54, 1.807) is 11.1 Å². The van der Waals surface area contributed by atoms with Crippen LogP contribution in [-0.2, 0) is 28.6 Å². The van der Waals surface area contributed by atoms with Crippen molar-refractivity contribution in [2.45, 2.75) is 131 Å². The molecule has 1 N–H and O–H groups in total. The first kappa shape index (κ1) is 28.9. The molecular formula is C34H48O7. The Balaban J connectivity index is 1.32. The van der Waals surface area contributed by atoms with Gasteiger partial charge in [0.2, 0.25) is 5.79 Å². The number of ether oxygens (including phenoxy) is 3. The van der Waals surface area contributed by atoms with E-state index < -0.39 is 24.1 Å². The molecule has 2 aliphatic heterocycles. The molecule has 0 radical (unpaired) electrons. The van der Waals surface area contributed by atoms with Gasteiger partial charge in [0.1, 0.15) is 12.5 Å². The molecule has 41 heavy (non-hydrogen) atoms. The standard InChI is InChI=1S/C34H48O7/c1-18-16-34(20(3)19(2)29(38)41-34)40-23-17-33(8)22-9-10-24-30(4,5)25(39-27(37)15-26(35)36)12-13-31(24,6)21(22)11-14-32(33,7)28(18)23/h18,23-25,28H,9-17H2,1-8H3,(H,35,36)/t18-,23-,24?,25-,28+,31-,32-,33+,34-/m1/s1. The van der Waals surface area contributed by atoms with Crippen LogP contribution in [0.1, 0.15) is 113 Å². The van der Waals surface area contributed by atoms with Gasteiger partial charge in [-0.2, -0.15) is 0 Å². The van der Waals surface area contributed by atoms with E-state index in [9.17, 15) is 14.4 Å². The fourth-order valence-corrected chi connectivity index (χ4v) is 11.3. The van der Waals surface area contributed by atoms with Crippen LogP contribution in [0.25, 0.3) is 0 Å². The Kier molecular flexibility index (Phi) is 6.31. The maximum Gasteiger partial charge on any atom is 0.336 e. The quantitative estimate of drug-likeness (QED) is 0.228. The van der Waals surface area contributed by atoms with Gasteiger partial charge in [-0.15, -0.1) is 0 Å². The van der Waals surface area contributed by atoms with Gasteiger partial charge in [-0.05, 0) is 92.8 Å². The Morgan fingerprint density at radius 3 is 2.34 bits per heavy atom. The van der Waals surface area contributed by atoms with Crippen LogP contribution in [-0.4, -0.2) is 41.0 Å². The van der Waals surface area contributed by atoms with Gasteiger partial charge in [0, 0.05) is 23.0 Å². The van der Waals surface area contributed by atoms with Crippen molar-refractivity contribution in [3.8, 4) is 0 Å². The van der Waals surface area contributed by atoms with Crippen molar-refractivity contribution in [2.24, 2.45) is 39.4 Å². The number of aliphatic carboxylic acids is 1. The summed E-state index contributed by atoms with van der Waals surface area (Å²) in [5.41, 5.74) is 4.77. The summed E-state index contributed by atoms with van der Waals surface area (Å²) in [7, 11) is 0. The first-order chi connectivity index (χ1) is 19.0. The van der Waals surface area contributed by atoms with Crippen LogP contribution in [0.5, 0.6) is 0 Å². The molecule has 9 atom stereocenters. The van der Waals surface area contributed by atoms with E-state index in [4.69, 9.17) is 19.3 Å². The number of hydrogen-bond acceptors (Lipinski definition) is 6. The average Bonchev–Trinajstić information content (AvgIpc) is 3.22. The van der Waals surface area contributed by atoms with Crippen molar-refractivity contribution in [2.75, 3.05) is 0 Å². The molecule has 7 nitrogen and oxygen atoms in total. The Morgan fingerprint density at radius 2 is 1.71 bits per heavy atom. The zero-order valence-corrected chi connectivity index (χ0v) is 26.1. The molecule has 0 aromatic rings. The lowest BCUT2D eigenvalue weighted by molar-refractivity contribution is -0.262. The minimum absolute atomic E-state index is 0.00785. The van der Waals surface area contributed by atoms with Crippen LogP contribution in [0.15, 0.2) is 22.3 Å². The highest BCUT2D eigenvalue weighted by molar-refractivity contribution is 5.92. The predicted octanol–water partition coefficient (Wildman–Crippen LogP) is 6.75. The predicted molar refractivity (Wildman–Crippen MR) is 152 cm³/mol. The third-order valence-electron chi connectivity index (χ3n) is 13.5. The monoisotopic (exact) mass is 568 g/mol. The fraction of sp³-hybridized carbons (Fsp3) is 0.794. The van der Waals surface area contributed by atoms with E-state index in [-0.39, 0.29) is 39.8 Å². The molecular weight excluding hydrogens is 520 g/mol. The largest absolute Gasteiger partial charge is 0.481 e. The maximum absolute atomic E-state index is 12.6. The molecule has 6 rings (SSSR count). The first-order valence-corrected chi connectivity index (χ1v) is 15.7. The van der Waals surface area contributed by atoms with Crippen LogP contribution < -0.4 is 0 Å². The van der Waals surface area contributed by atoms with Gasteiger partial charge in [0.25, 0.3) is 0 Å². The van der Waals surface area contributed by atoms with E-state index in [0.29, 0.717) is 23.3 Å². The molecule has 1 saturated heterocycles. The third kappa shape index (κ3) is 3.75. The van der Waals surface area contributed by atoms with Crippen LogP contribution in [0, 0.1) is 39.4 Å². The lowest BCUT2D eigenvalue weighted by atomic mass is 9.43. The molecule has 3 fully saturated rings. The lowest BCUT2D eigenvalue weighted by Gasteiger charge is -2.62. The van der Waals surface area contributed by atoms with E-state index in [1.807, 2.05) is 13.8 Å². The topological polar surface area (TPSA) is 99.1 Å². The van der Waals surface area contributed by atoms with E-state index >= 15 is 0 Å². The van der Waals surface area contributed by atoms with Crippen molar-refractivity contribution in [3.63, 3.8) is 0 Å². The highest BCUT2D eigenvalue weighted by Gasteiger charge is 2.69. The molecule has 0 aromatic heterocycles. The molecule has 226 valence electrons. The summed E-state index contributed by atoms with van der Waals surface area (Å²) in [4.78, 5) is 36.0. The number of carboxylic acid groups (broad SMARTS) is 1. The molecule has 7 heteroatoms. The summed E-state index contributed by atoms with van der Waals surface area (Å²) in [5, 5.41) is 9.07. The molecule has 0 bridgehead atoms. The summed E-state index contributed by atoms with van der Waals surface area (Å²) in [6, 6.07) is 0. The van der Waals surface area contributed by atoms with Crippen LogP contribution in [0.3, 0.4) is 0 Å². The zero-order valence-electron chi connectivity index (χ0n) is 26.1. The first-order valence-electron chi connectivity index (χ1n) is 15.7. The lowest BCUT2D eigenvalue weighted by Crippen LogP contribution is -2.56. The molecule has 6 aliphatic rings. The second kappa shape index (κ2) is 8.93. The van der Waals surface area contributed by atoms with Crippen molar-refractivity contribution in [3.05, 3.63) is 22.3 Å². The Bertz CT molecular complexity index is 1280. The van der Waals surface area contributed by atoms with Crippen molar-refractivity contribution in [1.82, 2.24) is 0 Å². The average molecular weight is 569 g/mol. The fourth-order valence-electron chi connectivity index (χ4n) is 11.3. The van der Waals surface area contributed by atoms with Gasteiger partial charge in [0.15, 0.2) is 0 Å². The highest BCUT2D eigenvalue weighted by atomic mass is 16.7.